The van der Waals surface area contributed by atoms with E-state index in [1.165, 1.54) is 25.3 Å². The van der Waals surface area contributed by atoms with Crippen molar-refractivity contribution in [1.29, 1.82) is 0 Å². The van der Waals surface area contributed by atoms with E-state index < -0.39 is 6.36 Å². The number of aromatic amines is 1. The van der Waals surface area contributed by atoms with Crippen molar-refractivity contribution in [3.05, 3.63) is 36.8 Å². The molecule has 4 rings (SSSR count). The normalized spacial score (nSPS) is 13.4. The molecule has 0 fully saturated rings. The molecule has 1 aliphatic rings. The molecule has 1 aromatic carbocycles. The highest BCUT2D eigenvalue weighted by Crippen LogP contribution is 2.40. The molecule has 0 unspecified atom stereocenters. The number of benzene rings is 1. The van der Waals surface area contributed by atoms with Gasteiger partial charge in [-0.2, -0.15) is 0 Å². The maximum Gasteiger partial charge on any atom is 0.573 e. The Balaban J connectivity index is 1.69. The fourth-order valence-corrected chi connectivity index (χ4v) is 3.60. The van der Waals surface area contributed by atoms with Gasteiger partial charge in [-0.1, -0.05) is 19.8 Å². The van der Waals surface area contributed by atoms with Gasteiger partial charge < -0.3 is 19.4 Å². The highest BCUT2D eigenvalue weighted by molar-refractivity contribution is 5.79. The lowest BCUT2D eigenvalue weighted by Gasteiger charge is -2.19. The van der Waals surface area contributed by atoms with Crippen molar-refractivity contribution >= 4 is 17.5 Å². The summed E-state index contributed by atoms with van der Waals surface area (Å²) >= 11 is 0. The lowest BCUT2D eigenvalue weighted by molar-refractivity contribution is -0.274. The lowest BCUT2D eigenvalue weighted by Crippen LogP contribution is -2.29. The maximum atomic E-state index is 12.6. The predicted octanol–water partition coefficient (Wildman–Crippen LogP) is 4.88. The van der Waals surface area contributed by atoms with Crippen LogP contribution in [0.4, 0.5) is 30.6 Å². The molecule has 2 aromatic heterocycles. The minimum atomic E-state index is -4.79. The van der Waals surface area contributed by atoms with Crippen molar-refractivity contribution in [2.24, 2.45) is 0 Å². The molecule has 0 atom stereocenters. The Morgan fingerprint density at radius 3 is 2.72 bits per heavy atom. The van der Waals surface area contributed by atoms with Crippen LogP contribution < -0.4 is 19.3 Å². The van der Waals surface area contributed by atoms with E-state index in [1.807, 2.05) is 4.90 Å². The molecule has 0 saturated heterocycles. The van der Waals surface area contributed by atoms with Crippen molar-refractivity contribution in [1.82, 2.24) is 19.9 Å². The molecule has 32 heavy (non-hydrogen) atoms. The third-order valence-corrected chi connectivity index (χ3v) is 5.08. The highest BCUT2D eigenvalue weighted by atomic mass is 19.4. The third-order valence-electron chi connectivity index (χ3n) is 5.08. The number of rotatable bonds is 8. The molecule has 0 aliphatic carbocycles. The fraction of sp³-hybridized carbons (Fsp3) is 0.381. The first-order valence-electron chi connectivity index (χ1n) is 10.2. The molecule has 0 amide bonds. The van der Waals surface area contributed by atoms with Gasteiger partial charge in [0.1, 0.15) is 17.2 Å². The Labute approximate surface area is 183 Å². The minimum absolute atomic E-state index is 0.175. The van der Waals surface area contributed by atoms with Gasteiger partial charge in [-0.3, -0.25) is 4.90 Å². The second-order valence-corrected chi connectivity index (χ2v) is 7.27. The van der Waals surface area contributed by atoms with Crippen LogP contribution in [0.5, 0.6) is 11.5 Å². The largest absolute Gasteiger partial charge is 0.573 e. The van der Waals surface area contributed by atoms with E-state index in [0.717, 1.165) is 31.5 Å². The smallest absolute Gasteiger partial charge is 0.496 e. The number of ether oxygens (including phenoxy) is 2. The van der Waals surface area contributed by atoms with E-state index in [4.69, 9.17) is 9.72 Å². The number of halogens is 3. The summed E-state index contributed by atoms with van der Waals surface area (Å²) in [7, 11) is 1.37. The summed E-state index contributed by atoms with van der Waals surface area (Å²) < 4.78 is 47.0. The fourth-order valence-electron chi connectivity index (χ4n) is 3.60. The van der Waals surface area contributed by atoms with Crippen LogP contribution in [-0.4, -0.2) is 46.6 Å². The molecule has 0 bridgehead atoms. The van der Waals surface area contributed by atoms with Gasteiger partial charge in [-0.15, -0.1) is 13.2 Å². The minimum Gasteiger partial charge on any atom is -0.496 e. The van der Waals surface area contributed by atoms with Crippen molar-refractivity contribution in [2.75, 3.05) is 30.1 Å². The van der Waals surface area contributed by atoms with E-state index in [2.05, 4.69) is 31.5 Å². The van der Waals surface area contributed by atoms with Gasteiger partial charge in [-0.25, -0.2) is 15.0 Å². The van der Waals surface area contributed by atoms with E-state index in [-0.39, 0.29) is 11.5 Å². The van der Waals surface area contributed by atoms with E-state index >= 15 is 0 Å². The summed E-state index contributed by atoms with van der Waals surface area (Å²) in [4.78, 5) is 20.8. The molecule has 0 spiro atoms. The Kier molecular flexibility index (Phi) is 6.06. The quantitative estimate of drug-likeness (QED) is 0.492. The van der Waals surface area contributed by atoms with Crippen LogP contribution in [0.3, 0.4) is 0 Å². The Morgan fingerprint density at radius 2 is 2.03 bits per heavy atom. The molecule has 0 radical (unpaired) electrons. The number of nitrogens with zero attached hydrogens (tertiary/aromatic N) is 5. The summed E-state index contributed by atoms with van der Waals surface area (Å²) in [5, 5.41) is 0. The standard InChI is InChI=1S/C21H23F3N6O2/c1-3-4-5-10-29-13-30(20-25-8-9-26-20)19-16(29)12-27-18(28-19)15-7-6-14(11-17(15)31-2)32-21(22,23)24/h6-9,11-12H,3-5,10,13H2,1-2H3,(H,25,26). The van der Waals surface area contributed by atoms with Crippen LogP contribution in [0.15, 0.2) is 36.8 Å². The van der Waals surface area contributed by atoms with Gasteiger partial charge in [-0.05, 0) is 18.6 Å². The molecular weight excluding hydrogens is 425 g/mol. The van der Waals surface area contributed by atoms with Crippen LogP contribution in [0.1, 0.15) is 26.2 Å². The van der Waals surface area contributed by atoms with Gasteiger partial charge in [0.2, 0.25) is 5.95 Å². The first-order chi connectivity index (χ1) is 15.4. The average molecular weight is 448 g/mol. The molecule has 1 N–H and O–H groups in total. The third kappa shape index (κ3) is 4.56. The first-order valence-corrected chi connectivity index (χ1v) is 10.2. The second-order valence-electron chi connectivity index (χ2n) is 7.27. The number of fused-ring (bicyclic) bond motifs is 1. The zero-order valence-electron chi connectivity index (χ0n) is 17.7. The van der Waals surface area contributed by atoms with Crippen molar-refractivity contribution in [3.63, 3.8) is 0 Å². The number of alkyl halides is 3. The number of anilines is 3. The van der Waals surface area contributed by atoms with Crippen LogP contribution >= 0.6 is 0 Å². The van der Waals surface area contributed by atoms with Crippen LogP contribution in [0.2, 0.25) is 0 Å². The number of hydrogen-bond acceptors (Lipinski definition) is 7. The monoisotopic (exact) mass is 448 g/mol. The van der Waals surface area contributed by atoms with Crippen molar-refractivity contribution in [3.8, 4) is 22.9 Å². The summed E-state index contributed by atoms with van der Waals surface area (Å²) in [6, 6.07) is 3.83. The number of unbranched alkanes of at least 4 members (excludes halogenated alkanes) is 2. The topological polar surface area (TPSA) is 79.4 Å². The number of nitrogens with one attached hydrogen (secondary N) is 1. The van der Waals surface area contributed by atoms with Gasteiger partial charge in [0.15, 0.2) is 11.6 Å². The first kappa shape index (κ1) is 21.7. The van der Waals surface area contributed by atoms with Crippen molar-refractivity contribution < 1.29 is 22.6 Å². The van der Waals surface area contributed by atoms with Crippen LogP contribution in [-0.2, 0) is 0 Å². The number of hydrogen-bond donors (Lipinski definition) is 1. The lowest BCUT2D eigenvalue weighted by atomic mass is 10.1. The number of methoxy groups -OCH3 is 1. The zero-order chi connectivity index (χ0) is 22.7. The van der Waals surface area contributed by atoms with Crippen molar-refractivity contribution in [2.45, 2.75) is 32.5 Å². The summed E-state index contributed by atoms with van der Waals surface area (Å²) in [5.41, 5.74) is 1.32. The molecule has 0 saturated carbocycles. The average Bonchev–Trinajstić information content (AvgIpc) is 3.40. The molecule has 3 heterocycles. The molecule has 3 aromatic rings. The molecule has 1 aliphatic heterocycles. The Hall–Kier alpha value is -3.50. The van der Waals surface area contributed by atoms with Gasteiger partial charge in [0, 0.05) is 25.0 Å². The van der Waals surface area contributed by atoms with E-state index in [9.17, 15) is 13.2 Å². The molecule has 170 valence electrons. The van der Waals surface area contributed by atoms with Gasteiger partial charge in [0.05, 0.1) is 25.5 Å². The van der Waals surface area contributed by atoms with E-state index in [1.54, 1.807) is 18.6 Å². The Morgan fingerprint density at radius 1 is 1.19 bits per heavy atom. The number of H-pyrrole nitrogens is 1. The zero-order valence-corrected chi connectivity index (χ0v) is 17.7. The van der Waals surface area contributed by atoms with Crippen LogP contribution in [0, 0.1) is 0 Å². The summed E-state index contributed by atoms with van der Waals surface area (Å²) in [6.45, 7) is 3.58. The highest BCUT2D eigenvalue weighted by Gasteiger charge is 2.32. The number of imidazole rings is 1. The summed E-state index contributed by atoms with van der Waals surface area (Å²) in [5.74, 6) is 1.44. The van der Waals surface area contributed by atoms with Gasteiger partial charge in [0.25, 0.3) is 0 Å². The summed E-state index contributed by atoms with van der Waals surface area (Å²) in [6.07, 6.45) is 3.62. The second kappa shape index (κ2) is 8.93. The molecular formula is C21H23F3N6O2. The number of aromatic nitrogens is 4. The SMILES string of the molecule is CCCCCN1CN(c2ncc[nH]2)c2nc(-c3ccc(OC(F)(F)F)cc3OC)ncc21. The molecule has 11 heteroatoms. The maximum absolute atomic E-state index is 12.6. The van der Waals surface area contributed by atoms with E-state index in [0.29, 0.717) is 29.8 Å². The molecule has 8 nitrogen and oxygen atoms in total. The Bertz CT molecular complexity index is 1060. The van der Waals surface area contributed by atoms with Crippen LogP contribution in [0.25, 0.3) is 11.4 Å². The van der Waals surface area contributed by atoms with Gasteiger partial charge >= 0.3 is 6.36 Å². The predicted molar refractivity (Wildman–Crippen MR) is 113 cm³/mol.